The van der Waals surface area contributed by atoms with Crippen LogP contribution in [-0.2, 0) is 13.5 Å². The van der Waals surface area contributed by atoms with Gasteiger partial charge in [0.1, 0.15) is 0 Å². The van der Waals surface area contributed by atoms with Gasteiger partial charge in [-0.05, 0) is 6.07 Å². The summed E-state index contributed by atoms with van der Waals surface area (Å²) in [5, 5.41) is 12.4. The molecule has 0 unspecified atom stereocenters. The van der Waals surface area contributed by atoms with Crippen LogP contribution in [0.15, 0.2) is 18.7 Å². The first-order valence-corrected chi connectivity index (χ1v) is 3.52. The number of allylic oxidation sites excluding steroid dienone is 1. The second kappa shape index (κ2) is 3.21. The molecule has 1 aromatic heterocycles. The Morgan fingerprint density at radius 2 is 2.58 bits per heavy atom. The summed E-state index contributed by atoms with van der Waals surface area (Å²) in [6.45, 7) is 3.56. The normalized spacial score (nSPS) is 9.75. The number of carboxylic acid groups (broad SMARTS) is 1. The molecule has 0 aliphatic heterocycles. The standard InChI is InChI=1S/C8H10N2O2/c1-3-4-6-5-7(8(11)12)9-10(6)2/h3,5H,1,4H2,2H3,(H,11,12). The molecular weight excluding hydrogens is 156 g/mol. The predicted octanol–water partition coefficient (Wildman–Crippen LogP) is 0.847. The number of nitrogens with zero attached hydrogens (tertiary/aromatic N) is 2. The highest BCUT2D eigenvalue weighted by molar-refractivity contribution is 5.85. The minimum Gasteiger partial charge on any atom is -0.476 e. The molecular formula is C8H10N2O2. The number of carboxylic acids is 1. The first-order valence-electron chi connectivity index (χ1n) is 3.52. The van der Waals surface area contributed by atoms with Crippen molar-refractivity contribution in [3.05, 3.63) is 30.1 Å². The molecule has 0 atom stereocenters. The van der Waals surface area contributed by atoms with Crippen molar-refractivity contribution in [2.45, 2.75) is 6.42 Å². The number of rotatable bonds is 3. The summed E-state index contributed by atoms with van der Waals surface area (Å²) in [6, 6.07) is 1.55. The topological polar surface area (TPSA) is 55.1 Å². The van der Waals surface area contributed by atoms with E-state index in [0.29, 0.717) is 6.42 Å². The largest absolute Gasteiger partial charge is 0.476 e. The molecule has 0 saturated heterocycles. The molecule has 4 heteroatoms. The molecule has 0 amide bonds. The molecule has 0 aromatic carbocycles. The molecule has 0 aliphatic carbocycles. The Morgan fingerprint density at radius 3 is 3.00 bits per heavy atom. The second-order valence-corrected chi connectivity index (χ2v) is 2.44. The van der Waals surface area contributed by atoms with Crippen molar-refractivity contribution in [2.75, 3.05) is 0 Å². The van der Waals surface area contributed by atoms with Crippen LogP contribution in [0.4, 0.5) is 0 Å². The third-order valence-corrected chi connectivity index (χ3v) is 1.55. The Balaban J connectivity index is 2.99. The van der Waals surface area contributed by atoms with E-state index >= 15 is 0 Å². The highest BCUT2D eigenvalue weighted by Gasteiger charge is 2.09. The third-order valence-electron chi connectivity index (χ3n) is 1.55. The van der Waals surface area contributed by atoms with E-state index in [2.05, 4.69) is 11.7 Å². The van der Waals surface area contributed by atoms with Gasteiger partial charge in [-0.15, -0.1) is 6.58 Å². The van der Waals surface area contributed by atoms with E-state index in [1.54, 1.807) is 23.9 Å². The summed E-state index contributed by atoms with van der Waals surface area (Å²) in [6.07, 6.45) is 2.35. The van der Waals surface area contributed by atoms with E-state index in [1.807, 2.05) is 0 Å². The maximum atomic E-state index is 10.5. The lowest BCUT2D eigenvalue weighted by molar-refractivity contribution is 0.0689. The molecule has 1 rings (SSSR count). The zero-order chi connectivity index (χ0) is 9.14. The van der Waals surface area contributed by atoms with Crippen LogP contribution >= 0.6 is 0 Å². The van der Waals surface area contributed by atoms with Gasteiger partial charge in [0.05, 0.1) is 0 Å². The Bertz CT molecular complexity index is 315. The maximum absolute atomic E-state index is 10.5. The van der Waals surface area contributed by atoms with Crippen LogP contribution in [0.2, 0.25) is 0 Å². The lowest BCUT2D eigenvalue weighted by Gasteiger charge is -1.93. The number of carbonyl (C=O) groups is 1. The SMILES string of the molecule is C=CCc1cc(C(=O)O)nn1C. The zero-order valence-electron chi connectivity index (χ0n) is 6.82. The first kappa shape index (κ1) is 8.52. The maximum Gasteiger partial charge on any atom is 0.356 e. The molecule has 0 radical (unpaired) electrons. The van der Waals surface area contributed by atoms with Crippen LogP contribution in [0.3, 0.4) is 0 Å². The number of aromatic nitrogens is 2. The van der Waals surface area contributed by atoms with E-state index < -0.39 is 5.97 Å². The summed E-state index contributed by atoms with van der Waals surface area (Å²) in [5.41, 5.74) is 0.928. The van der Waals surface area contributed by atoms with E-state index in [-0.39, 0.29) is 5.69 Å². The average molecular weight is 166 g/mol. The Morgan fingerprint density at radius 1 is 1.92 bits per heavy atom. The Kier molecular flexibility index (Phi) is 2.28. The van der Waals surface area contributed by atoms with Gasteiger partial charge in [0.2, 0.25) is 0 Å². The van der Waals surface area contributed by atoms with Crippen molar-refractivity contribution in [3.63, 3.8) is 0 Å². The van der Waals surface area contributed by atoms with E-state index in [4.69, 9.17) is 5.11 Å². The lowest BCUT2D eigenvalue weighted by atomic mass is 10.3. The van der Waals surface area contributed by atoms with E-state index in [9.17, 15) is 4.79 Å². The van der Waals surface area contributed by atoms with Crippen LogP contribution < -0.4 is 0 Å². The van der Waals surface area contributed by atoms with Crippen molar-refractivity contribution in [1.29, 1.82) is 0 Å². The zero-order valence-corrected chi connectivity index (χ0v) is 6.82. The van der Waals surface area contributed by atoms with Crippen molar-refractivity contribution < 1.29 is 9.90 Å². The molecule has 1 heterocycles. The fourth-order valence-electron chi connectivity index (χ4n) is 0.949. The molecule has 12 heavy (non-hydrogen) atoms. The van der Waals surface area contributed by atoms with Crippen LogP contribution in [0.1, 0.15) is 16.2 Å². The fraction of sp³-hybridized carbons (Fsp3) is 0.250. The second-order valence-electron chi connectivity index (χ2n) is 2.44. The Labute approximate surface area is 70.1 Å². The van der Waals surface area contributed by atoms with Crippen LogP contribution in [-0.4, -0.2) is 20.9 Å². The molecule has 4 nitrogen and oxygen atoms in total. The van der Waals surface area contributed by atoms with Gasteiger partial charge >= 0.3 is 5.97 Å². The van der Waals surface area contributed by atoms with Crippen LogP contribution in [0.5, 0.6) is 0 Å². The molecule has 0 bridgehead atoms. The third kappa shape index (κ3) is 1.53. The number of hydrogen-bond donors (Lipinski definition) is 1. The van der Waals surface area contributed by atoms with E-state index in [0.717, 1.165) is 5.69 Å². The number of aryl methyl sites for hydroxylation is 1. The van der Waals surface area contributed by atoms with Gasteiger partial charge in [0, 0.05) is 19.2 Å². The summed E-state index contributed by atoms with van der Waals surface area (Å²) >= 11 is 0. The Hall–Kier alpha value is -1.58. The predicted molar refractivity (Wildman–Crippen MR) is 44.1 cm³/mol. The monoisotopic (exact) mass is 166 g/mol. The summed E-state index contributed by atoms with van der Waals surface area (Å²) < 4.78 is 1.55. The summed E-state index contributed by atoms with van der Waals surface area (Å²) in [5.74, 6) is -0.999. The van der Waals surface area contributed by atoms with Crippen molar-refractivity contribution in [2.24, 2.45) is 7.05 Å². The van der Waals surface area contributed by atoms with Gasteiger partial charge < -0.3 is 5.11 Å². The number of aromatic carboxylic acids is 1. The lowest BCUT2D eigenvalue weighted by Crippen LogP contribution is -1.99. The minimum atomic E-state index is -0.999. The molecule has 0 saturated carbocycles. The van der Waals surface area contributed by atoms with Gasteiger partial charge in [-0.25, -0.2) is 4.79 Å². The van der Waals surface area contributed by atoms with Crippen molar-refractivity contribution >= 4 is 5.97 Å². The highest BCUT2D eigenvalue weighted by atomic mass is 16.4. The van der Waals surface area contributed by atoms with Gasteiger partial charge in [-0.3, -0.25) is 4.68 Å². The fourth-order valence-corrected chi connectivity index (χ4v) is 0.949. The van der Waals surface area contributed by atoms with Crippen molar-refractivity contribution in [3.8, 4) is 0 Å². The van der Waals surface area contributed by atoms with Crippen LogP contribution in [0, 0.1) is 0 Å². The number of hydrogen-bond acceptors (Lipinski definition) is 2. The first-order chi connectivity index (χ1) is 5.65. The molecule has 0 fully saturated rings. The summed E-state index contributed by atoms with van der Waals surface area (Å²) in [7, 11) is 1.71. The molecule has 1 N–H and O–H groups in total. The van der Waals surface area contributed by atoms with Crippen LogP contribution in [0.25, 0.3) is 0 Å². The van der Waals surface area contributed by atoms with Gasteiger partial charge in [0.25, 0.3) is 0 Å². The quantitative estimate of drug-likeness (QED) is 0.677. The molecule has 0 aliphatic rings. The average Bonchev–Trinajstić information content (AvgIpc) is 2.34. The molecule has 64 valence electrons. The smallest absolute Gasteiger partial charge is 0.356 e. The molecule has 0 spiro atoms. The highest BCUT2D eigenvalue weighted by Crippen LogP contribution is 2.03. The molecule has 1 aromatic rings. The summed E-state index contributed by atoms with van der Waals surface area (Å²) in [4.78, 5) is 10.5. The van der Waals surface area contributed by atoms with E-state index in [1.165, 1.54) is 0 Å². The van der Waals surface area contributed by atoms with Gasteiger partial charge in [-0.1, -0.05) is 6.08 Å². The van der Waals surface area contributed by atoms with Gasteiger partial charge in [0.15, 0.2) is 5.69 Å². The van der Waals surface area contributed by atoms with Crippen molar-refractivity contribution in [1.82, 2.24) is 9.78 Å². The van der Waals surface area contributed by atoms with Gasteiger partial charge in [-0.2, -0.15) is 5.10 Å². The minimum absolute atomic E-state index is 0.0781.